The average molecular weight is 389 g/mol. The summed E-state index contributed by atoms with van der Waals surface area (Å²) in [5, 5.41) is 9.23. The Kier molecular flexibility index (Phi) is 5.95. The summed E-state index contributed by atoms with van der Waals surface area (Å²) < 4.78 is 11.4. The molecule has 0 radical (unpaired) electrons. The van der Waals surface area contributed by atoms with Crippen LogP contribution in [0.5, 0.6) is 0 Å². The second-order valence-corrected chi connectivity index (χ2v) is 6.12. The molecule has 0 unspecified atom stereocenters. The van der Waals surface area contributed by atoms with Crippen molar-refractivity contribution in [1.82, 2.24) is 0 Å². The van der Waals surface area contributed by atoms with E-state index in [-0.39, 0.29) is 6.10 Å². The summed E-state index contributed by atoms with van der Waals surface area (Å²) in [5.41, 5.74) is 0.581. The molecule has 0 bridgehead atoms. The first-order chi connectivity index (χ1) is 9.28. The van der Waals surface area contributed by atoms with Crippen molar-refractivity contribution in [1.29, 1.82) is 5.26 Å². The Balaban J connectivity index is 1.79. The molecule has 102 valence electrons. The van der Waals surface area contributed by atoms with Gasteiger partial charge in [0.1, 0.15) is 0 Å². The maximum Gasteiger partial charge on any atom is 0.169 e. The summed E-state index contributed by atoms with van der Waals surface area (Å²) in [6.45, 7) is 0.646. The highest BCUT2D eigenvalue weighted by Gasteiger charge is 2.37. The Bertz CT molecular complexity index is 427. The lowest BCUT2D eigenvalue weighted by molar-refractivity contribution is -0.0198. The van der Waals surface area contributed by atoms with Crippen molar-refractivity contribution in [2.24, 2.45) is 0 Å². The molecule has 0 amide bonds. The van der Waals surface area contributed by atoms with Crippen LogP contribution in [0.3, 0.4) is 0 Å². The minimum atomic E-state index is -0.613. The molecule has 1 saturated carbocycles. The van der Waals surface area contributed by atoms with E-state index < -0.39 is 5.60 Å². The van der Waals surface area contributed by atoms with Crippen molar-refractivity contribution in [3.05, 3.63) is 35.9 Å². The smallest absolute Gasteiger partial charge is 0.169 e. The van der Waals surface area contributed by atoms with Crippen LogP contribution in [0.4, 0.5) is 0 Å². The van der Waals surface area contributed by atoms with Gasteiger partial charge in [0.25, 0.3) is 0 Å². The van der Waals surface area contributed by atoms with Gasteiger partial charge in [-0.2, -0.15) is 5.26 Å². The average Bonchev–Trinajstić information content (AvgIpc) is 2.48. The van der Waals surface area contributed by atoms with E-state index in [0.29, 0.717) is 6.61 Å². The Morgan fingerprint density at radius 2 is 2.00 bits per heavy atom. The van der Waals surface area contributed by atoms with Crippen molar-refractivity contribution in [3.8, 4) is 6.07 Å². The van der Waals surface area contributed by atoms with Crippen molar-refractivity contribution in [3.63, 3.8) is 0 Å². The monoisotopic (exact) mass is 389 g/mol. The van der Waals surface area contributed by atoms with Crippen LogP contribution in [0.25, 0.3) is 0 Å². The molecule has 1 aromatic carbocycles. The van der Waals surface area contributed by atoms with Gasteiger partial charge < -0.3 is 4.74 Å². The quantitative estimate of drug-likeness (QED) is 0.552. The second kappa shape index (κ2) is 7.48. The Morgan fingerprint density at radius 3 is 2.58 bits per heavy atom. The van der Waals surface area contributed by atoms with Gasteiger partial charge in [-0.25, -0.2) is 0 Å². The molecule has 0 aliphatic heterocycles. The molecule has 5 heteroatoms. The van der Waals surface area contributed by atoms with Crippen molar-refractivity contribution >= 4 is 30.4 Å². The first-order valence-electron chi connectivity index (χ1n) is 6.31. The van der Waals surface area contributed by atoms with E-state index in [2.05, 4.69) is 39.4 Å². The Morgan fingerprint density at radius 1 is 1.32 bits per heavy atom. The fourth-order valence-electron chi connectivity index (χ4n) is 2.29. The van der Waals surface area contributed by atoms with E-state index in [1.54, 1.807) is 0 Å². The number of rotatable bonds is 5. The summed E-state index contributed by atoms with van der Waals surface area (Å²) in [6.07, 6.45) is 3.51. The SMILES string of the molecule is N#CC1(OSI)CCC(OCc2ccccc2)CC1. The van der Waals surface area contributed by atoms with Gasteiger partial charge in [-0.05, 0) is 31.2 Å². The highest BCUT2D eigenvalue weighted by Crippen LogP contribution is 2.37. The van der Waals surface area contributed by atoms with E-state index >= 15 is 0 Å². The van der Waals surface area contributed by atoms with Crippen LogP contribution in [0, 0.1) is 11.3 Å². The van der Waals surface area contributed by atoms with E-state index in [1.165, 1.54) is 14.8 Å². The third kappa shape index (κ3) is 4.35. The van der Waals surface area contributed by atoms with Crippen LogP contribution in [0.15, 0.2) is 30.3 Å². The maximum absolute atomic E-state index is 9.23. The molecule has 1 aliphatic rings. The predicted octanol–water partition coefficient (Wildman–Crippen LogP) is 4.42. The van der Waals surface area contributed by atoms with Gasteiger partial charge in [0.05, 0.1) is 28.0 Å². The van der Waals surface area contributed by atoms with Crippen LogP contribution < -0.4 is 0 Å². The predicted molar refractivity (Wildman–Crippen MR) is 84.5 cm³/mol. The lowest BCUT2D eigenvalue weighted by Gasteiger charge is -2.33. The number of nitriles is 1. The molecule has 0 N–H and O–H groups in total. The van der Waals surface area contributed by atoms with E-state index in [4.69, 9.17) is 8.92 Å². The molecule has 3 nitrogen and oxygen atoms in total. The van der Waals surface area contributed by atoms with Crippen LogP contribution in [-0.4, -0.2) is 11.7 Å². The largest absolute Gasteiger partial charge is 0.374 e. The normalized spacial score (nSPS) is 26.8. The summed E-state index contributed by atoms with van der Waals surface area (Å²) in [6, 6.07) is 12.5. The maximum atomic E-state index is 9.23. The lowest BCUT2D eigenvalue weighted by Crippen LogP contribution is -2.36. The summed E-state index contributed by atoms with van der Waals surface area (Å²) >= 11 is 2.06. The molecular formula is C14H16INO2S. The van der Waals surface area contributed by atoms with Crippen LogP contribution in [0.1, 0.15) is 31.2 Å². The van der Waals surface area contributed by atoms with Crippen LogP contribution in [0.2, 0.25) is 0 Å². The lowest BCUT2D eigenvalue weighted by atomic mass is 9.84. The minimum Gasteiger partial charge on any atom is -0.374 e. The number of ether oxygens (including phenoxy) is 1. The Labute approximate surface area is 130 Å². The van der Waals surface area contributed by atoms with Crippen LogP contribution in [-0.2, 0) is 15.5 Å². The summed E-state index contributed by atoms with van der Waals surface area (Å²) in [5.74, 6) is 0. The fourth-order valence-corrected chi connectivity index (χ4v) is 3.64. The molecule has 0 aromatic heterocycles. The number of hydrogen-bond donors (Lipinski definition) is 0. The van der Waals surface area contributed by atoms with Gasteiger partial charge in [-0.1, -0.05) is 30.3 Å². The van der Waals surface area contributed by atoms with Gasteiger partial charge >= 0.3 is 0 Å². The molecule has 1 fully saturated rings. The fraction of sp³-hybridized carbons (Fsp3) is 0.500. The summed E-state index contributed by atoms with van der Waals surface area (Å²) in [4.78, 5) is 0. The topological polar surface area (TPSA) is 42.2 Å². The molecule has 0 atom stereocenters. The minimum absolute atomic E-state index is 0.240. The first kappa shape index (κ1) is 15.1. The van der Waals surface area contributed by atoms with Crippen molar-refractivity contribution < 1.29 is 8.92 Å². The molecule has 0 saturated heterocycles. The third-order valence-electron chi connectivity index (χ3n) is 3.46. The van der Waals surface area contributed by atoms with Gasteiger partial charge in [-0.3, -0.25) is 4.18 Å². The van der Waals surface area contributed by atoms with Gasteiger partial charge in [-0.15, -0.1) is 0 Å². The number of halogens is 1. The van der Waals surface area contributed by atoms with Crippen molar-refractivity contribution in [2.45, 2.75) is 44.0 Å². The highest BCUT2D eigenvalue weighted by molar-refractivity contribution is 14.2. The number of benzene rings is 1. The zero-order chi connectivity index (χ0) is 13.6. The van der Waals surface area contributed by atoms with E-state index in [9.17, 15) is 5.26 Å². The van der Waals surface area contributed by atoms with Gasteiger partial charge in [0.2, 0.25) is 0 Å². The van der Waals surface area contributed by atoms with Crippen LogP contribution >= 0.6 is 30.4 Å². The standard InChI is InChI=1S/C14H16INO2S/c15-19-18-14(11-16)8-6-13(7-9-14)17-10-12-4-2-1-3-5-12/h1-5,13H,6-10H2. The van der Waals surface area contributed by atoms with E-state index in [0.717, 1.165) is 25.7 Å². The number of nitrogens with zero attached hydrogens (tertiary/aromatic N) is 1. The molecule has 0 spiro atoms. The summed E-state index contributed by atoms with van der Waals surface area (Å²) in [7, 11) is 1.25. The van der Waals surface area contributed by atoms with E-state index in [1.807, 2.05) is 18.2 Å². The number of hydrogen-bond acceptors (Lipinski definition) is 4. The zero-order valence-corrected chi connectivity index (χ0v) is 13.5. The molecule has 19 heavy (non-hydrogen) atoms. The van der Waals surface area contributed by atoms with Gasteiger partial charge in [0, 0.05) is 21.2 Å². The molecule has 2 rings (SSSR count). The highest BCUT2D eigenvalue weighted by atomic mass is 127. The first-order valence-corrected chi connectivity index (χ1v) is 9.60. The molecule has 1 aliphatic carbocycles. The zero-order valence-electron chi connectivity index (χ0n) is 10.5. The third-order valence-corrected chi connectivity index (χ3v) is 4.39. The van der Waals surface area contributed by atoms with Crippen molar-refractivity contribution in [2.75, 3.05) is 0 Å². The Hall–Kier alpha value is -0.290. The molecular weight excluding hydrogens is 373 g/mol. The molecule has 1 aromatic rings. The second-order valence-electron chi connectivity index (χ2n) is 4.75. The van der Waals surface area contributed by atoms with Gasteiger partial charge in [0.15, 0.2) is 5.60 Å². The molecule has 0 heterocycles.